The van der Waals surface area contributed by atoms with Crippen molar-refractivity contribution in [2.24, 2.45) is 0 Å². The smallest absolute Gasteiger partial charge is 0.140 e. The minimum Gasteiger partial charge on any atom is -0.379 e. The van der Waals surface area contributed by atoms with Crippen LogP contribution in [-0.2, 0) is 11.3 Å². The first kappa shape index (κ1) is 13.7. The molecule has 0 amide bonds. The summed E-state index contributed by atoms with van der Waals surface area (Å²) in [6, 6.07) is 2.93. The fourth-order valence-electron chi connectivity index (χ4n) is 3.58. The van der Waals surface area contributed by atoms with E-state index in [1.807, 2.05) is 0 Å². The van der Waals surface area contributed by atoms with E-state index in [2.05, 4.69) is 21.0 Å². The maximum absolute atomic E-state index is 5.45. The molecule has 116 valence electrons. The van der Waals surface area contributed by atoms with Crippen LogP contribution in [0.15, 0.2) is 10.6 Å². The lowest BCUT2D eigenvalue weighted by atomic mass is 10.0. The fraction of sp³-hybridized carbons (Fsp3) is 0.812. The number of hydrogen-bond donors (Lipinski definition) is 0. The number of morpholine rings is 1. The van der Waals surface area contributed by atoms with Crippen molar-refractivity contribution >= 4 is 0 Å². The highest BCUT2D eigenvalue weighted by Gasteiger charge is 2.29. The lowest BCUT2D eigenvalue weighted by Crippen LogP contribution is -2.48. The van der Waals surface area contributed by atoms with E-state index in [0.29, 0.717) is 5.92 Å². The van der Waals surface area contributed by atoms with Crippen LogP contribution in [-0.4, -0.2) is 60.4 Å². The molecule has 21 heavy (non-hydrogen) atoms. The Morgan fingerprint density at radius 1 is 1.05 bits per heavy atom. The van der Waals surface area contributed by atoms with Gasteiger partial charge in [0, 0.05) is 50.7 Å². The molecule has 0 N–H and O–H groups in total. The van der Waals surface area contributed by atoms with Crippen molar-refractivity contribution in [1.82, 2.24) is 15.0 Å². The summed E-state index contributed by atoms with van der Waals surface area (Å²) < 4.78 is 10.9. The predicted molar refractivity (Wildman–Crippen MR) is 79.2 cm³/mol. The summed E-state index contributed by atoms with van der Waals surface area (Å²) in [6.45, 7) is 7.33. The molecule has 0 aromatic carbocycles. The molecule has 0 unspecified atom stereocenters. The number of likely N-dealkylation sites (tertiary alicyclic amines) is 1. The Morgan fingerprint density at radius 3 is 2.52 bits per heavy atom. The van der Waals surface area contributed by atoms with Crippen LogP contribution in [0.2, 0.25) is 0 Å². The minimum absolute atomic E-state index is 0.665. The van der Waals surface area contributed by atoms with Crippen molar-refractivity contribution in [1.29, 1.82) is 0 Å². The van der Waals surface area contributed by atoms with E-state index < -0.39 is 0 Å². The Bertz CT molecular complexity index is 458. The SMILES string of the molecule is c1c(CN2CCC(N3CCOCC3)CC2)noc1C1CC1. The lowest BCUT2D eigenvalue weighted by molar-refractivity contribution is 0.0000733. The zero-order chi connectivity index (χ0) is 14.1. The quantitative estimate of drug-likeness (QED) is 0.847. The molecular weight excluding hydrogens is 266 g/mol. The molecule has 3 fully saturated rings. The molecule has 0 atom stereocenters. The van der Waals surface area contributed by atoms with Crippen LogP contribution in [0.25, 0.3) is 0 Å². The lowest BCUT2D eigenvalue weighted by Gasteiger charge is -2.39. The molecule has 0 radical (unpaired) electrons. The molecule has 0 bridgehead atoms. The highest BCUT2D eigenvalue weighted by molar-refractivity contribution is 5.14. The number of piperidine rings is 1. The van der Waals surface area contributed by atoms with Crippen LogP contribution < -0.4 is 0 Å². The summed E-state index contributed by atoms with van der Waals surface area (Å²) in [5.41, 5.74) is 1.11. The average molecular weight is 291 g/mol. The topological polar surface area (TPSA) is 41.7 Å². The van der Waals surface area contributed by atoms with Crippen LogP contribution in [0.4, 0.5) is 0 Å². The van der Waals surface area contributed by atoms with Crippen molar-refractivity contribution in [3.63, 3.8) is 0 Å². The van der Waals surface area contributed by atoms with Gasteiger partial charge in [-0.2, -0.15) is 0 Å². The van der Waals surface area contributed by atoms with Crippen molar-refractivity contribution in [3.05, 3.63) is 17.5 Å². The van der Waals surface area contributed by atoms with Crippen LogP contribution in [0, 0.1) is 0 Å². The molecule has 2 aliphatic heterocycles. The molecule has 2 saturated heterocycles. The van der Waals surface area contributed by atoms with Gasteiger partial charge in [-0.05, 0) is 25.7 Å². The fourth-order valence-corrected chi connectivity index (χ4v) is 3.58. The second-order valence-electron chi connectivity index (χ2n) is 6.65. The van der Waals surface area contributed by atoms with Gasteiger partial charge in [-0.25, -0.2) is 0 Å². The second kappa shape index (κ2) is 6.07. The predicted octanol–water partition coefficient (Wildman–Crippen LogP) is 1.85. The standard InChI is InChI=1S/C16H25N3O2/c1-2-13(1)16-11-14(17-21-16)12-18-5-3-15(4-6-18)19-7-9-20-10-8-19/h11,13,15H,1-10,12H2. The molecule has 4 rings (SSSR count). The van der Waals surface area contributed by atoms with E-state index in [0.717, 1.165) is 50.3 Å². The van der Waals surface area contributed by atoms with Gasteiger partial charge in [0.1, 0.15) is 5.76 Å². The van der Waals surface area contributed by atoms with Gasteiger partial charge in [0.25, 0.3) is 0 Å². The largest absolute Gasteiger partial charge is 0.379 e. The van der Waals surface area contributed by atoms with Crippen molar-refractivity contribution in [2.45, 2.75) is 44.2 Å². The first-order chi connectivity index (χ1) is 10.4. The van der Waals surface area contributed by atoms with Crippen LogP contribution >= 0.6 is 0 Å². The number of rotatable bonds is 4. The van der Waals surface area contributed by atoms with E-state index in [1.54, 1.807) is 0 Å². The molecule has 0 spiro atoms. The normalized spacial score (nSPS) is 26.3. The molecule has 1 saturated carbocycles. The summed E-state index contributed by atoms with van der Waals surface area (Å²) in [4.78, 5) is 5.13. The zero-order valence-corrected chi connectivity index (χ0v) is 12.7. The first-order valence-electron chi connectivity index (χ1n) is 8.38. The first-order valence-corrected chi connectivity index (χ1v) is 8.38. The van der Waals surface area contributed by atoms with Gasteiger partial charge in [-0.15, -0.1) is 0 Å². The Balaban J connectivity index is 1.26. The maximum atomic E-state index is 5.45. The molecule has 5 nitrogen and oxygen atoms in total. The molecule has 3 aliphatic rings. The highest BCUT2D eigenvalue weighted by Crippen LogP contribution is 2.40. The van der Waals surface area contributed by atoms with Gasteiger partial charge in [0.2, 0.25) is 0 Å². The summed E-state index contributed by atoms with van der Waals surface area (Å²) in [7, 11) is 0. The van der Waals surface area contributed by atoms with Crippen LogP contribution in [0.5, 0.6) is 0 Å². The van der Waals surface area contributed by atoms with Gasteiger partial charge < -0.3 is 9.26 Å². The van der Waals surface area contributed by atoms with E-state index in [4.69, 9.17) is 9.26 Å². The summed E-state index contributed by atoms with van der Waals surface area (Å²) in [6.07, 6.45) is 5.10. The summed E-state index contributed by atoms with van der Waals surface area (Å²) in [5.74, 6) is 1.77. The Morgan fingerprint density at radius 2 is 1.81 bits per heavy atom. The highest BCUT2D eigenvalue weighted by atomic mass is 16.5. The minimum atomic E-state index is 0.665. The number of nitrogens with zero attached hydrogens (tertiary/aromatic N) is 3. The number of aromatic nitrogens is 1. The third kappa shape index (κ3) is 3.30. The van der Waals surface area contributed by atoms with E-state index in [-0.39, 0.29) is 0 Å². The Kier molecular flexibility index (Phi) is 3.97. The number of ether oxygens (including phenoxy) is 1. The molecule has 3 heterocycles. The third-order valence-corrected chi connectivity index (χ3v) is 5.06. The van der Waals surface area contributed by atoms with Gasteiger partial charge in [-0.3, -0.25) is 9.80 Å². The number of hydrogen-bond acceptors (Lipinski definition) is 5. The third-order valence-electron chi connectivity index (χ3n) is 5.06. The van der Waals surface area contributed by atoms with E-state index in [9.17, 15) is 0 Å². The van der Waals surface area contributed by atoms with Gasteiger partial charge >= 0.3 is 0 Å². The van der Waals surface area contributed by atoms with E-state index in [1.165, 1.54) is 38.8 Å². The van der Waals surface area contributed by atoms with Crippen molar-refractivity contribution < 1.29 is 9.26 Å². The molecule has 1 aliphatic carbocycles. The summed E-state index contributed by atoms with van der Waals surface area (Å²) in [5, 5.41) is 4.24. The van der Waals surface area contributed by atoms with Crippen molar-refractivity contribution in [3.8, 4) is 0 Å². The van der Waals surface area contributed by atoms with Gasteiger partial charge in [-0.1, -0.05) is 5.16 Å². The molecule has 1 aromatic rings. The molecular formula is C16H25N3O2. The van der Waals surface area contributed by atoms with Crippen molar-refractivity contribution in [2.75, 3.05) is 39.4 Å². The monoisotopic (exact) mass is 291 g/mol. The second-order valence-corrected chi connectivity index (χ2v) is 6.65. The maximum Gasteiger partial charge on any atom is 0.140 e. The van der Waals surface area contributed by atoms with Gasteiger partial charge in [0.05, 0.1) is 18.9 Å². The van der Waals surface area contributed by atoms with Crippen LogP contribution in [0.1, 0.15) is 43.1 Å². The summed E-state index contributed by atoms with van der Waals surface area (Å²) >= 11 is 0. The molecule has 5 heteroatoms. The van der Waals surface area contributed by atoms with Gasteiger partial charge in [0.15, 0.2) is 0 Å². The van der Waals surface area contributed by atoms with Crippen LogP contribution in [0.3, 0.4) is 0 Å². The zero-order valence-electron chi connectivity index (χ0n) is 12.7. The average Bonchev–Trinajstić information content (AvgIpc) is 3.29. The molecule has 1 aromatic heterocycles. The Labute approximate surface area is 126 Å². The van der Waals surface area contributed by atoms with E-state index >= 15 is 0 Å². The Hall–Kier alpha value is -0.910.